The predicted octanol–water partition coefficient (Wildman–Crippen LogP) is 2.35. The highest BCUT2D eigenvalue weighted by molar-refractivity contribution is 5.98. The number of hydrogen-bond acceptors (Lipinski definition) is 4. The predicted molar refractivity (Wildman–Crippen MR) is 85.1 cm³/mol. The lowest BCUT2D eigenvalue weighted by Gasteiger charge is -2.36. The molecule has 0 aliphatic carbocycles. The van der Waals surface area contributed by atoms with E-state index in [4.69, 9.17) is 5.73 Å². The fourth-order valence-electron chi connectivity index (χ4n) is 2.99. The van der Waals surface area contributed by atoms with Gasteiger partial charge in [0.2, 0.25) is 0 Å². The Kier molecular flexibility index (Phi) is 3.74. The average Bonchev–Trinajstić information content (AvgIpc) is 2.48. The van der Waals surface area contributed by atoms with E-state index in [0.29, 0.717) is 0 Å². The van der Waals surface area contributed by atoms with Crippen molar-refractivity contribution in [1.82, 2.24) is 9.88 Å². The Morgan fingerprint density at radius 2 is 1.95 bits per heavy atom. The van der Waals surface area contributed by atoms with E-state index in [2.05, 4.69) is 33.8 Å². The number of benzene rings is 1. The molecule has 2 N–H and O–H groups in total. The number of aromatic nitrogens is 1. The van der Waals surface area contributed by atoms with E-state index in [1.54, 1.807) is 0 Å². The van der Waals surface area contributed by atoms with Crippen LogP contribution in [0.25, 0.3) is 10.9 Å². The minimum atomic E-state index is 0.758. The van der Waals surface area contributed by atoms with Gasteiger partial charge in [-0.1, -0.05) is 19.1 Å². The Morgan fingerprint density at radius 3 is 2.70 bits per heavy atom. The average molecular weight is 270 g/mol. The molecule has 0 amide bonds. The van der Waals surface area contributed by atoms with Gasteiger partial charge >= 0.3 is 0 Å². The highest BCUT2D eigenvalue weighted by Gasteiger charge is 2.18. The van der Waals surface area contributed by atoms with Crippen LogP contribution in [0.3, 0.4) is 0 Å². The van der Waals surface area contributed by atoms with E-state index in [1.807, 2.05) is 18.3 Å². The van der Waals surface area contributed by atoms with E-state index >= 15 is 0 Å². The molecule has 0 unspecified atom stereocenters. The van der Waals surface area contributed by atoms with Crippen LogP contribution in [0.2, 0.25) is 0 Å². The number of fused-ring (bicyclic) bond motifs is 1. The number of para-hydroxylation sites is 1. The van der Waals surface area contributed by atoms with Crippen molar-refractivity contribution < 1.29 is 0 Å². The van der Waals surface area contributed by atoms with Gasteiger partial charge in [-0.15, -0.1) is 0 Å². The summed E-state index contributed by atoms with van der Waals surface area (Å²) >= 11 is 0. The first kappa shape index (κ1) is 13.2. The topological polar surface area (TPSA) is 45.4 Å². The molecule has 20 heavy (non-hydrogen) atoms. The molecule has 0 spiro atoms. The van der Waals surface area contributed by atoms with Gasteiger partial charge in [-0.05, 0) is 25.1 Å². The van der Waals surface area contributed by atoms with E-state index < -0.39 is 0 Å². The summed E-state index contributed by atoms with van der Waals surface area (Å²) in [6.07, 6.45) is 3.10. The van der Waals surface area contributed by atoms with Crippen LogP contribution in [0.15, 0.2) is 30.5 Å². The number of pyridine rings is 1. The van der Waals surface area contributed by atoms with Gasteiger partial charge in [-0.25, -0.2) is 0 Å². The molecule has 0 radical (unpaired) electrons. The van der Waals surface area contributed by atoms with Crippen molar-refractivity contribution in [3.63, 3.8) is 0 Å². The van der Waals surface area contributed by atoms with Crippen LogP contribution < -0.4 is 10.6 Å². The van der Waals surface area contributed by atoms with Crippen LogP contribution in [0, 0.1) is 0 Å². The Bertz CT molecular complexity index is 588. The molecule has 1 aromatic carbocycles. The Hall–Kier alpha value is -1.81. The number of hydrogen-bond donors (Lipinski definition) is 1. The zero-order chi connectivity index (χ0) is 13.9. The maximum absolute atomic E-state index is 6.03. The van der Waals surface area contributed by atoms with Crippen LogP contribution >= 0.6 is 0 Å². The SMILES string of the molecule is CCCN1CCN(c2ccnc3c(N)cccc23)CC1. The van der Waals surface area contributed by atoms with Gasteiger partial charge in [0, 0.05) is 43.4 Å². The smallest absolute Gasteiger partial charge is 0.0951 e. The maximum atomic E-state index is 6.03. The van der Waals surface area contributed by atoms with Gasteiger partial charge in [0.15, 0.2) is 0 Å². The van der Waals surface area contributed by atoms with Gasteiger partial charge < -0.3 is 10.6 Å². The standard InChI is InChI=1S/C16H22N4/c1-2-8-19-9-11-20(12-10-19)15-6-7-18-16-13(15)4-3-5-14(16)17/h3-7H,2,8-12,17H2,1H3. The van der Waals surface area contributed by atoms with E-state index in [0.717, 1.165) is 42.8 Å². The Labute approximate surface area is 120 Å². The fraction of sp³-hybridized carbons (Fsp3) is 0.438. The molecule has 1 aliphatic heterocycles. The second-order valence-electron chi connectivity index (χ2n) is 5.40. The molecule has 4 heteroatoms. The quantitative estimate of drug-likeness (QED) is 0.870. The second-order valence-corrected chi connectivity index (χ2v) is 5.40. The summed E-state index contributed by atoms with van der Waals surface area (Å²) in [7, 11) is 0. The van der Waals surface area contributed by atoms with Crippen LogP contribution in [0.4, 0.5) is 11.4 Å². The first-order valence-corrected chi connectivity index (χ1v) is 7.40. The van der Waals surface area contributed by atoms with Crippen molar-refractivity contribution in [2.45, 2.75) is 13.3 Å². The van der Waals surface area contributed by atoms with Gasteiger partial charge in [0.25, 0.3) is 0 Å². The zero-order valence-corrected chi connectivity index (χ0v) is 12.0. The largest absolute Gasteiger partial charge is 0.397 e. The number of rotatable bonds is 3. The third-order valence-electron chi connectivity index (χ3n) is 4.03. The summed E-state index contributed by atoms with van der Waals surface area (Å²) in [5, 5.41) is 1.16. The van der Waals surface area contributed by atoms with Crippen molar-refractivity contribution >= 4 is 22.3 Å². The summed E-state index contributed by atoms with van der Waals surface area (Å²) in [6.45, 7) is 7.88. The molecule has 3 rings (SSSR count). The number of nitrogens with two attached hydrogens (primary N) is 1. The van der Waals surface area contributed by atoms with Gasteiger partial charge in [0.05, 0.1) is 11.2 Å². The van der Waals surface area contributed by atoms with Crippen LogP contribution in [-0.4, -0.2) is 42.6 Å². The third-order valence-corrected chi connectivity index (χ3v) is 4.03. The van der Waals surface area contributed by atoms with E-state index in [9.17, 15) is 0 Å². The zero-order valence-electron chi connectivity index (χ0n) is 12.0. The third kappa shape index (κ3) is 2.43. The number of nitrogen functional groups attached to an aromatic ring is 1. The second kappa shape index (κ2) is 5.67. The highest BCUT2D eigenvalue weighted by atomic mass is 15.3. The van der Waals surface area contributed by atoms with Crippen LogP contribution in [-0.2, 0) is 0 Å². The van der Waals surface area contributed by atoms with Crippen molar-refractivity contribution in [1.29, 1.82) is 0 Å². The molecule has 1 aromatic heterocycles. The lowest BCUT2D eigenvalue weighted by molar-refractivity contribution is 0.258. The van der Waals surface area contributed by atoms with Crippen LogP contribution in [0.5, 0.6) is 0 Å². The van der Waals surface area contributed by atoms with Gasteiger partial charge in [-0.3, -0.25) is 9.88 Å². The van der Waals surface area contributed by atoms with Crippen molar-refractivity contribution in [3.8, 4) is 0 Å². The van der Waals surface area contributed by atoms with Crippen molar-refractivity contribution in [2.24, 2.45) is 0 Å². The minimum Gasteiger partial charge on any atom is -0.397 e. The lowest BCUT2D eigenvalue weighted by Crippen LogP contribution is -2.46. The molecule has 0 bridgehead atoms. The van der Waals surface area contributed by atoms with E-state index in [-0.39, 0.29) is 0 Å². The molecule has 2 heterocycles. The number of anilines is 2. The monoisotopic (exact) mass is 270 g/mol. The summed E-state index contributed by atoms with van der Waals surface area (Å²) in [5.41, 5.74) is 8.97. The lowest BCUT2D eigenvalue weighted by atomic mass is 10.1. The molecule has 1 aliphatic rings. The first-order valence-electron chi connectivity index (χ1n) is 7.40. The van der Waals surface area contributed by atoms with E-state index in [1.165, 1.54) is 18.7 Å². The van der Waals surface area contributed by atoms with Gasteiger partial charge in [-0.2, -0.15) is 0 Å². The molecule has 0 saturated carbocycles. The fourth-order valence-corrected chi connectivity index (χ4v) is 2.99. The molecule has 1 saturated heterocycles. The molecule has 4 nitrogen and oxygen atoms in total. The van der Waals surface area contributed by atoms with Crippen molar-refractivity contribution in [2.75, 3.05) is 43.4 Å². The van der Waals surface area contributed by atoms with Crippen LogP contribution in [0.1, 0.15) is 13.3 Å². The summed E-state index contributed by atoms with van der Waals surface area (Å²) in [6, 6.07) is 8.15. The summed E-state index contributed by atoms with van der Waals surface area (Å²) in [4.78, 5) is 9.41. The highest BCUT2D eigenvalue weighted by Crippen LogP contribution is 2.29. The number of piperazine rings is 1. The molecule has 1 fully saturated rings. The number of nitrogens with zero attached hydrogens (tertiary/aromatic N) is 3. The van der Waals surface area contributed by atoms with Gasteiger partial charge in [0.1, 0.15) is 0 Å². The summed E-state index contributed by atoms with van der Waals surface area (Å²) in [5.74, 6) is 0. The first-order chi connectivity index (χ1) is 9.79. The Balaban J connectivity index is 1.86. The summed E-state index contributed by atoms with van der Waals surface area (Å²) < 4.78 is 0. The molecule has 2 aromatic rings. The molecule has 106 valence electrons. The molecule has 0 atom stereocenters. The van der Waals surface area contributed by atoms with Crippen molar-refractivity contribution in [3.05, 3.63) is 30.5 Å². The molecular weight excluding hydrogens is 248 g/mol. The molecular formula is C16H22N4. The normalized spacial score (nSPS) is 16.8. The minimum absolute atomic E-state index is 0.758. The Morgan fingerprint density at radius 1 is 1.15 bits per heavy atom. The maximum Gasteiger partial charge on any atom is 0.0951 e.